The fourth-order valence-electron chi connectivity index (χ4n) is 6.91. The van der Waals surface area contributed by atoms with Gasteiger partial charge in [-0.05, 0) is 92.5 Å². The number of rotatable bonds is 16. The molecule has 1 aliphatic rings. The first kappa shape index (κ1) is 41.4. The number of amides is 4. The number of imidazole rings is 1. The summed E-state index contributed by atoms with van der Waals surface area (Å²) in [6.45, 7) is 3.42. The SMILES string of the molecule is NCC[C@H](NC(=O)[C@H](Cc1ccc(F)c(F)c1)NC(=O)Nc1ccc2c(c1)n(Cc1c(Cl)cccc1Cl)c(=O)n2CCN1CCCC1)C(=O)NCc1ccccc1. The van der Waals surface area contributed by atoms with Crippen LogP contribution in [0.3, 0.4) is 0 Å². The van der Waals surface area contributed by atoms with Crippen molar-refractivity contribution >= 4 is 57.8 Å². The molecule has 0 spiro atoms. The molecule has 1 saturated heterocycles. The summed E-state index contributed by atoms with van der Waals surface area (Å²) in [5.74, 6) is -3.43. The number of aromatic nitrogens is 2. The predicted molar refractivity (Wildman–Crippen MR) is 217 cm³/mol. The number of halogens is 4. The van der Waals surface area contributed by atoms with E-state index in [1.807, 2.05) is 30.3 Å². The lowest BCUT2D eigenvalue weighted by Crippen LogP contribution is -2.55. The van der Waals surface area contributed by atoms with E-state index in [1.165, 1.54) is 6.07 Å². The minimum absolute atomic E-state index is 0.0690. The number of hydrogen-bond acceptors (Lipinski definition) is 6. The molecule has 6 N–H and O–H groups in total. The average Bonchev–Trinajstić information content (AvgIpc) is 3.81. The summed E-state index contributed by atoms with van der Waals surface area (Å²) in [7, 11) is 0. The van der Waals surface area contributed by atoms with Crippen molar-refractivity contribution in [3.8, 4) is 0 Å². The molecule has 1 aromatic heterocycles. The highest BCUT2D eigenvalue weighted by molar-refractivity contribution is 6.36. The zero-order valence-electron chi connectivity index (χ0n) is 31.1. The van der Waals surface area contributed by atoms with E-state index in [2.05, 4.69) is 26.2 Å². The molecule has 4 aromatic carbocycles. The van der Waals surface area contributed by atoms with E-state index >= 15 is 0 Å². The van der Waals surface area contributed by atoms with Crippen molar-refractivity contribution < 1.29 is 23.2 Å². The highest BCUT2D eigenvalue weighted by Gasteiger charge is 2.28. The Balaban J connectivity index is 1.24. The van der Waals surface area contributed by atoms with Gasteiger partial charge in [0.05, 0.1) is 17.6 Å². The first-order chi connectivity index (χ1) is 27.5. The smallest absolute Gasteiger partial charge is 0.329 e. The summed E-state index contributed by atoms with van der Waals surface area (Å²) in [6, 6.07) is 19.3. The Morgan fingerprint density at radius 1 is 0.754 bits per heavy atom. The number of carbonyl (C=O) groups is 3. The van der Waals surface area contributed by atoms with Crippen LogP contribution in [0.1, 0.15) is 36.0 Å². The maximum absolute atomic E-state index is 14.2. The number of nitrogens with two attached hydrogens (primary N) is 1. The molecule has 2 heterocycles. The first-order valence-electron chi connectivity index (χ1n) is 18.7. The third-order valence-electron chi connectivity index (χ3n) is 9.94. The molecule has 6 rings (SSSR count). The Bertz CT molecular complexity index is 2260. The lowest BCUT2D eigenvalue weighted by Gasteiger charge is -2.23. The summed E-state index contributed by atoms with van der Waals surface area (Å²) >= 11 is 13.0. The fourth-order valence-corrected chi connectivity index (χ4v) is 7.43. The number of urea groups is 1. The van der Waals surface area contributed by atoms with Crippen LogP contribution in [0.25, 0.3) is 11.0 Å². The Kier molecular flexibility index (Phi) is 14.0. The van der Waals surface area contributed by atoms with Gasteiger partial charge < -0.3 is 31.9 Å². The van der Waals surface area contributed by atoms with Gasteiger partial charge in [-0.1, -0.05) is 65.7 Å². The first-order valence-corrected chi connectivity index (χ1v) is 19.5. The molecule has 0 unspecified atom stereocenters. The normalized spacial score (nSPS) is 14.0. The van der Waals surface area contributed by atoms with Crippen LogP contribution in [0.4, 0.5) is 19.3 Å². The van der Waals surface area contributed by atoms with Crippen LogP contribution in [0.5, 0.6) is 0 Å². The van der Waals surface area contributed by atoms with Crippen LogP contribution in [-0.2, 0) is 35.6 Å². The third-order valence-corrected chi connectivity index (χ3v) is 10.6. The number of benzene rings is 4. The van der Waals surface area contributed by atoms with E-state index in [0.717, 1.165) is 43.6 Å². The molecule has 0 saturated carbocycles. The average molecular weight is 822 g/mol. The summed E-state index contributed by atoms with van der Waals surface area (Å²) in [5.41, 5.74) is 8.59. The number of nitrogens with one attached hydrogen (secondary N) is 4. The van der Waals surface area contributed by atoms with Gasteiger partial charge in [0.1, 0.15) is 12.1 Å². The number of fused-ring (bicyclic) bond motifs is 1. The highest BCUT2D eigenvalue weighted by atomic mass is 35.5. The van der Waals surface area contributed by atoms with Gasteiger partial charge in [0.15, 0.2) is 11.6 Å². The zero-order chi connectivity index (χ0) is 40.5. The molecule has 0 aliphatic carbocycles. The standard InChI is InChI=1S/C41H44Cl2F2N8O4/c42-30-9-6-10-31(43)29(30)25-53-37-23-28(12-14-36(37)52(41(53)57)20-19-51-17-4-5-18-51)48-40(56)50-35(22-27-11-13-32(44)33(45)21-27)39(55)49-34(15-16-46)38(54)47-24-26-7-2-1-3-8-26/h1-3,6-14,21,23,34-35H,4-5,15-20,22,24-25,46H2,(H,47,54)(H,49,55)(H2,48,50,56)/t34-,35-/m0/s1. The molecule has 2 atom stereocenters. The van der Waals surface area contributed by atoms with E-state index in [0.29, 0.717) is 45.4 Å². The second-order valence-corrected chi connectivity index (χ2v) is 14.7. The van der Waals surface area contributed by atoms with Crippen LogP contribution in [0.2, 0.25) is 10.0 Å². The molecule has 1 fully saturated rings. The molecule has 57 heavy (non-hydrogen) atoms. The summed E-state index contributed by atoms with van der Waals surface area (Å²) in [4.78, 5) is 56.9. The van der Waals surface area contributed by atoms with Crippen molar-refractivity contribution in [2.45, 2.75) is 57.4 Å². The third kappa shape index (κ3) is 10.6. The van der Waals surface area contributed by atoms with Crippen molar-refractivity contribution in [2.75, 3.05) is 31.5 Å². The number of anilines is 1. The van der Waals surface area contributed by atoms with Crippen molar-refractivity contribution in [1.29, 1.82) is 0 Å². The lowest BCUT2D eigenvalue weighted by molar-refractivity contribution is -0.130. The maximum Gasteiger partial charge on any atom is 0.329 e. The predicted octanol–water partition coefficient (Wildman–Crippen LogP) is 5.41. The topological polar surface area (TPSA) is 156 Å². The van der Waals surface area contributed by atoms with Gasteiger partial charge in [-0.15, -0.1) is 0 Å². The van der Waals surface area contributed by atoms with Gasteiger partial charge in [-0.3, -0.25) is 18.7 Å². The molecule has 5 aromatic rings. The van der Waals surface area contributed by atoms with Crippen molar-refractivity contribution in [2.24, 2.45) is 5.73 Å². The van der Waals surface area contributed by atoms with Gasteiger partial charge in [-0.2, -0.15) is 0 Å². The van der Waals surface area contributed by atoms with Gasteiger partial charge in [0, 0.05) is 47.4 Å². The number of nitrogens with zero attached hydrogens (tertiary/aromatic N) is 3. The summed E-state index contributed by atoms with van der Waals surface area (Å²) in [6.07, 6.45) is 2.07. The number of likely N-dealkylation sites (tertiary alicyclic amines) is 1. The van der Waals surface area contributed by atoms with Crippen LogP contribution >= 0.6 is 23.2 Å². The lowest BCUT2D eigenvalue weighted by atomic mass is 10.0. The molecule has 4 amide bonds. The Morgan fingerprint density at radius 3 is 2.19 bits per heavy atom. The minimum atomic E-state index is -1.34. The number of hydrogen-bond donors (Lipinski definition) is 5. The molecule has 0 bridgehead atoms. The van der Waals surface area contributed by atoms with Crippen LogP contribution in [-0.4, -0.2) is 70.1 Å². The van der Waals surface area contributed by atoms with Gasteiger partial charge >= 0.3 is 11.7 Å². The van der Waals surface area contributed by atoms with Crippen LogP contribution < -0.4 is 32.7 Å². The molecular formula is C41H44Cl2F2N8O4. The van der Waals surface area contributed by atoms with E-state index in [-0.39, 0.29) is 43.7 Å². The molecule has 1 aliphatic heterocycles. The molecule has 0 radical (unpaired) electrons. The van der Waals surface area contributed by atoms with Gasteiger partial charge in [-0.25, -0.2) is 18.4 Å². The van der Waals surface area contributed by atoms with Gasteiger partial charge in [0.25, 0.3) is 0 Å². The summed E-state index contributed by atoms with van der Waals surface area (Å²) in [5, 5.41) is 11.6. The Morgan fingerprint density at radius 2 is 1.49 bits per heavy atom. The molecule has 300 valence electrons. The second-order valence-electron chi connectivity index (χ2n) is 13.9. The van der Waals surface area contributed by atoms with E-state index < -0.39 is 41.6 Å². The van der Waals surface area contributed by atoms with Crippen molar-refractivity contribution in [3.05, 3.63) is 134 Å². The maximum atomic E-state index is 14.2. The van der Waals surface area contributed by atoms with E-state index in [1.54, 1.807) is 45.5 Å². The largest absolute Gasteiger partial charge is 0.350 e. The van der Waals surface area contributed by atoms with E-state index in [9.17, 15) is 28.0 Å². The second kappa shape index (κ2) is 19.2. The monoisotopic (exact) mass is 820 g/mol. The molecule has 12 nitrogen and oxygen atoms in total. The van der Waals surface area contributed by atoms with Crippen LogP contribution in [0, 0.1) is 11.6 Å². The Labute approximate surface area is 338 Å². The van der Waals surface area contributed by atoms with E-state index in [4.69, 9.17) is 28.9 Å². The highest BCUT2D eigenvalue weighted by Crippen LogP contribution is 2.27. The quantitative estimate of drug-likeness (QED) is 0.0897. The number of carbonyl (C=O) groups excluding carboxylic acids is 3. The minimum Gasteiger partial charge on any atom is -0.350 e. The molecular weight excluding hydrogens is 777 g/mol. The summed E-state index contributed by atoms with van der Waals surface area (Å²) < 4.78 is 31.3. The zero-order valence-corrected chi connectivity index (χ0v) is 32.6. The van der Waals surface area contributed by atoms with Crippen molar-refractivity contribution in [1.82, 2.24) is 30.0 Å². The molecule has 16 heteroatoms. The van der Waals surface area contributed by atoms with Crippen LogP contribution in [0.15, 0.2) is 89.7 Å². The van der Waals surface area contributed by atoms with Gasteiger partial charge in [0.2, 0.25) is 11.8 Å². The van der Waals surface area contributed by atoms with Crippen molar-refractivity contribution in [3.63, 3.8) is 0 Å². The fraction of sp³-hybridized carbons (Fsp3) is 0.317. The Hall–Kier alpha value is -5.28.